The molecule has 166 valence electrons. The highest BCUT2D eigenvalue weighted by Gasteiger charge is 2.38. The van der Waals surface area contributed by atoms with Crippen molar-refractivity contribution >= 4 is 45.0 Å². The van der Waals surface area contributed by atoms with Crippen LogP contribution in [0.2, 0.25) is 0 Å². The second-order valence-electron chi connectivity index (χ2n) is 8.05. The van der Waals surface area contributed by atoms with Gasteiger partial charge in [-0.1, -0.05) is 34.5 Å². The number of rotatable bonds is 4. The van der Waals surface area contributed by atoms with Gasteiger partial charge in [-0.2, -0.15) is 0 Å². The molecule has 3 heterocycles. The summed E-state index contributed by atoms with van der Waals surface area (Å²) in [6, 6.07) is 25.8. The Morgan fingerprint density at radius 1 is 0.727 bits per heavy atom. The second-order valence-corrected chi connectivity index (χ2v) is 9.60. The molecule has 3 aromatic carbocycles. The standard InChI is InChI=1S/C25H23N5O2S/c31-33(21-6-2-1-3-7-21)30-18-29(24-25(30)27-23-9-5-4-8-22(23)26-24)20-12-10-19(11-13-20)28-14-16-32-17-15-28/h1-13H,14-18H2/p+1. The Morgan fingerprint density at radius 2 is 1.33 bits per heavy atom. The zero-order valence-electron chi connectivity index (χ0n) is 18.0. The lowest BCUT2D eigenvalue weighted by atomic mass is 10.2. The molecule has 0 radical (unpaired) electrons. The Bertz CT molecular complexity index is 1310. The van der Waals surface area contributed by atoms with E-state index in [2.05, 4.69) is 34.1 Å². The van der Waals surface area contributed by atoms with E-state index in [4.69, 9.17) is 14.7 Å². The van der Waals surface area contributed by atoms with Crippen LogP contribution in [0.3, 0.4) is 0 Å². The minimum Gasteiger partial charge on any atom is -0.378 e. The maximum Gasteiger partial charge on any atom is 0.219 e. The third kappa shape index (κ3) is 3.71. The third-order valence-electron chi connectivity index (χ3n) is 6.04. The summed E-state index contributed by atoms with van der Waals surface area (Å²) in [5.41, 5.74) is 3.79. The average molecular weight is 459 g/mol. The van der Waals surface area contributed by atoms with E-state index in [1.807, 2.05) is 58.9 Å². The summed E-state index contributed by atoms with van der Waals surface area (Å²) in [5.74, 6) is 1.38. The first-order valence-electron chi connectivity index (χ1n) is 11.0. The molecule has 0 spiro atoms. The maximum atomic E-state index is 13.5. The van der Waals surface area contributed by atoms with E-state index in [0.29, 0.717) is 12.5 Å². The Labute approximate surface area is 194 Å². The Morgan fingerprint density at radius 3 is 2.03 bits per heavy atom. The molecule has 6 rings (SSSR count). The van der Waals surface area contributed by atoms with E-state index < -0.39 is 11.0 Å². The molecule has 0 aliphatic carbocycles. The minimum absolute atomic E-state index is 0.423. The van der Waals surface area contributed by atoms with Crippen LogP contribution in [0.25, 0.3) is 11.0 Å². The molecule has 2 aliphatic heterocycles. The smallest absolute Gasteiger partial charge is 0.219 e. The molecule has 0 amide bonds. The van der Waals surface area contributed by atoms with Crippen LogP contribution >= 0.6 is 0 Å². The molecule has 4 aromatic rings. The van der Waals surface area contributed by atoms with Gasteiger partial charge in [0.15, 0.2) is 10.7 Å². The third-order valence-corrected chi connectivity index (χ3v) is 7.54. The normalized spacial score (nSPS) is 16.8. The van der Waals surface area contributed by atoms with Gasteiger partial charge in [0.2, 0.25) is 16.8 Å². The molecule has 1 saturated heterocycles. The van der Waals surface area contributed by atoms with Crippen molar-refractivity contribution in [3.8, 4) is 0 Å². The van der Waals surface area contributed by atoms with Crippen molar-refractivity contribution in [1.29, 1.82) is 0 Å². The maximum absolute atomic E-state index is 13.5. The number of ether oxygens (including phenoxy) is 1. The van der Waals surface area contributed by atoms with Crippen molar-refractivity contribution in [1.82, 2.24) is 9.97 Å². The zero-order valence-corrected chi connectivity index (χ0v) is 18.9. The predicted octanol–water partition coefficient (Wildman–Crippen LogP) is 4.05. The first kappa shape index (κ1) is 20.1. The number of benzene rings is 3. The Balaban J connectivity index is 1.39. The molecule has 8 heteroatoms. The van der Waals surface area contributed by atoms with E-state index in [-0.39, 0.29) is 0 Å². The largest absolute Gasteiger partial charge is 0.378 e. The van der Waals surface area contributed by atoms with E-state index in [1.165, 1.54) is 5.69 Å². The number of aromatic nitrogens is 2. The lowest BCUT2D eigenvalue weighted by Crippen LogP contribution is -2.36. The van der Waals surface area contributed by atoms with Crippen molar-refractivity contribution in [3.05, 3.63) is 78.9 Å². The van der Waals surface area contributed by atoms with Crippen molar-refractivity contribution in [3.63, 3.8) is 0 Å². The van der Waals surface area contributed by atoms with Gasteiger partial charge in [0.05, 0.1) is 24.2 Å². The topological polar surface area (TPSA) is 61.8 Å². The molecule has 0 N–H and O–H groups in total. The summed E-state index contributed by atoms with van der Waals surface area (Å²) >= 11 is 0. The summed E-state index contributed by atoms with van der Waals surface area (Å²) in [7, 11) is -1.84. The van der Waals surface area contributed by atoms with Crippen LogP contribution < -0.4 is 14.1 Å². The Kier molecular flexibility index (Phi) is 5.16. The lowest BCUT2D eigenvalue weighted by Gasteiger charge is -2.29. The van der Waals surface area contributed by atoms with Crippen LogP contribution in [0.4, 0.5) is 23.0 Å². The van der Waals surface area contributed by atoms with Crippen LogP contribution in [0.1, 0.15) is 0 Å². The van der Waals surface area contributed by atoms with Gasteiger partial charge < -0.3 is 14.5 Å². The van der Waals surface area contributed by atoms with Gasteiger partial charge in [-0.15, -0.1) is 4.31 Å². The van der Waals surface area contributed by atoms with Gasteiger partial charge in [0, 0.05) is 24.5 Å². The minimum atomic E-state index is -1.84. The van der Waals surface area contributed by atoms with Crippen LogP contribution in [0.15, 0.2) is 83.8 Å². The number of thiol groups is 1. The predicted molar refractivity (Wildman–Crippen MR) is 133 cm³/mol. The number of hydrogen-bond acceptors (Lipinski definition) is 6. The number of para-hydroxylation sites is 2. The van der Waals surface area contributed by atoms with Crippen molar-refractivity contribution < 1.29 is 8.95 Å². The Hall–Kier alpha value is -3.49. The monoisotopic (exact) mass is 458 g/mol. The van der Waals surface area contributed by atoms with Crippen LogP contribution in [-0.2, 0) is 19.9 Å². The fourth-order valence-electron chi connectivity index (χ4n) is 4.31. The van der Waals surface area contributed by atoms with E-state index in [9.17, 15) is 4.21 Å². The molecule has 1 fully saturated rings. The van der Waals surface area contributed by atoms with Gasteiger partial charge in [0.25, 0.3) is 0 Å². The summed E-state index contributed by atoms with van der Waals surface area (Å²) in [6.07, 6.45) is 0. The van der Waals surface area contributed by atoms with Crippen LogP contribution in [-0.4, -0.2) is 42.9 Å². The molecule has 33 heavy (non-hydrogen) atoms. The molecule has 1 atom stereocenters. The molecular formula is C25H24N5O2S+. The van der Waals surface area contributed by atoms with E-state index in [1.54, 1.807) is 0 Å². The number of nitrogens with zero attached hydrogens (tertiary/aromatic N) is 5. The van der Waals surface area contributed by atoms with Crippen molar-refractivity contribution in [2.24, 2.45) is 0 Å². The first-order valence-corrected chi connectivity index (χ1v) is 12.3. The van der Waals surface area contributed by atoms with Gasteiger partial charge in [0.1, 0.15) is 6.67 Å². The average Bonchev–Trinajstić information content (AvgIpc) is 3.26. The molecule has 2 aliphatic rings. The number of morpholine rings is 1. The fourth-order valence-corrected chi connectivity index (χ4v) is 5.56. The molecule has 7 nitrogen and oxygen atoms in total. The van der Waals surface area contributed by atoms with Crippen LogP contribution in [0, 0.1) is 0 Å². The van der Waals surface area contributed by atoms with Crippen LogP contribution in [0.5, 0.6) is 0 Å². The summed E-state index contributed by atoms with van der Waals surface area (Å²) < 4.78 is 20.9. The first-order chi connectivity index (χ1) is 16.3. The van der Waals surface area contributed by atoms with E-state index >= 15 is 0 Å². The van der Waals surface area contributed by atoms with Gasteiger partial charge in [-0.3, -0.25) is 0 Å². The van der Waals surface area contributed by atoms with E-state index in [0.717, 1.165) is 53.7 Å². The number of hydrogen-bond donors (Lipinski definition) is 0. The summed E-state index contributed by atoms with van der Waals surface area (Å²) in [4.78, 5) is 15.0. The summed E-state index contributed by atoms with van der Waals surface area (Å²) in [5, 5.41) is 0. The molecule has 1 unspecified atom stereocenters. The quantitative estimate of drug-likeness (QED) is 0.340. The highest BCUT2D eigenvalue weighted by atomic mass is 32.2. The molecule has 0 saturated carbocycles. The van der Waals surface area contributed by atoms with Gasteiger partial charge >= 0.3 is 0 Å². The fraction of sp³-hybridized carbons (Fsp3) is 0.200. The van der Waals surface area contributed by atoms with Crippen molar-refractivity contribution in [2.45, 2.75) is 4.90 Å². The highest BCUT2D eigenvalue weighted by molar-refractivity contribution is 7.86. The second kappa shape index (κ2) is 8.46. The molecule has 0 bridgehead atoms. The highest BCUT2D eigenvalue weighted by Crippen LogP contribution is 2.41. The molecule has 1 aromatic heterocycles. The number of fused-ring (bicyclic) bond motifs is 2. The van der Waals surface area contributed by atoms with Gasteiger partial charge in [-0.25, -0.2) is 9.97 Å². The number of anilines is 4. The lowest BCUT2D eigenvalue weighted by molar-refractivity contribution is 0.122. The van der Waals surface area contributed by atoms with Gasteiger partial charge in [-0.05, 0) is 48.5 Å². The summed E-state index contributed by atoms with van der Waals surface area (Å²) in [6.45, 7) is 3.73. The zero-order chi connectivity index (χ0) is 22.2. The van der Waals surface area contributed by atoms with Crippen molar-refractivity contribution in [2.75, 3.05) is 47.1 Å². The SMILES string of the molecule is O=[SH+](c1ccccc1)N1CN(c2ccc(N3CCOCC3)cc2)c2nc3ccccc3nc21. The molecular weight excluding hydrogens is 434 g/mol.